The molecular formula is C50H56N6O6S2. The first kappa shape index (κ1) is 47.4. The van der Waals surface area contributed by atoms with Crippen LogP contribution in [0, 0.1) is 20.2 Å². The van der Waals surface area contributed by atoms with E-state index in [0.29, 0.717) is 11.4 Å². The van der Waals surface area contributed by atoms with Gasteiger partial charge >= 0.3 is 0 Å². The van der Waals surface area contributed by atoms with Crippen LogP contribution in [0.2, 0.25) is 0 Å². The molecule has 0 fully saturated rings. The molecule has 0 aliphatic heterocycles. The quantitative estimate of drug-likeness (QED) is 0.0743. The highest BCUT2D eigenvalue weighted by molar-refractivity contribution is 7.22. The minimum absolute atomic E-state index is 0.0401. The summed E-state index contributed by atoms with van der Waals surface area (Å²) in [7, 11) is 0. The first-order valence-electron chi connectivity index (χ1n) is 21.0. The fourth-order valence-electron chi connectivity index (χ4n) is 7.29. The summed E-state index contributed by atoms with van der Waals surface area (Å²) in [4.78, 5) is 25.6. The molecule has 0 amide bonds. The van der Waals surface area contributed by atoms with E-state index in [-0.39, 0.29) is 44.5 Å². The molecular weight excluding hydrogens is 845 g/mol. The van der Waals surface area contributed by atoms with Gasteiger partial charge in [-0.1, -0.05) is 83.1 Å². The number of nitrogens with zero attached hydrogens (tertiary/aromatic N) is 6. The second kappa shape index (κ2) is 17.8. The van der Waals surface area contributed by atoms with Gasteiger partial charge in [0.15, 0.2) is 0 Å². The standard InChI is InChI=1S/C50H56N6O6S2/c1-47(2,3)35-25-29(26-36(45(35)57)48(4,5)6)43(53-51-31-13-17-33(18-14-31)55(59)60)41-23-21-39(63-41)40-22-24-42(64-40)44(54-52-32-15-19-34(20-16-32)56(61)62)30-27-37(49(7,8)9)46(58)38(28-30)50(10,11)12/h13-28,43-44,57-58H,1-12H3. The summed E-state index contributed by atoms with van der Waals surface area (Å²) in [6, 6.07) is 26.9. The van der Waals surface area contributed by atoms with E-state index in [4.69, 9.17) is 10.2 Å². The largest absolute Gasteiger partial charge is 0.507 e. The molecule has 12 nitrogen and oxygen atoms in total. The van der Waals surface area contributed by atoms with Crippen molar-refractivity contribution in [2.45, 2.75) is 117 Å². The molecule has 6 aromatic rings. The lowest BCUT2D eigenvalue weighted by atomic mass is 9.77. The molecule has 0 aliphatic rings. The van der Waals surface area contributed by atoms with Crippen LogP contribution >= 0.6 is 22.7 Å². The van der Waals surface area contributed by atoms with Crippen LogP contribution in [0.25, 0.3) is 9.75 Å². The van der Waals surface area contributed by atoms with Crippen LogP contribution < -0.4 is 0 Å². The summed E-state index contributed by atoms with van der Waals surface area (Å²) < 4.78 is 0. The second-order valence-electron chi connectivity index (χ2n) is 20.1. The summed E-state index contributed by atoms with van der Waals surface area (Å²) in [6.45, 7) is 24.8. The van der Waals surface area contributed by atoms with Crippen molar-refractivity contribution in [1.82, 2.24) is 0 Å². The zero-order valence-corrected chi connectivity index (χ0v) is 40.1. The molecule has 2 atom stereocenters. The molecule has 0 saturated carbocycles. The molecule has 334 valence electrons. The maximum absolute atomic E-state index is 11.6. The summed E-state index contributed by atoms with van der Waals surface area (Å²) in [6.07, 6.45) is 0. The van der Waals surface area contributed by atoms with E-state index < -0.39 is 21.9 Å². The monoisotopic (exact) mass is 900 g/mol. The van der Waals surface area contributed by atoms with Crippen molar-refractivity contribution in [3.8, 4) is 21.3 Å². The van der Waals surface area contributed by atoms with Gasteiger partial charge in [0.2, 0.25) is 0 Å². The number of nitro groups is 2. The molecule has 0 aliphatic carbocycles. The van der Waals surface area contributed by atoms with Crippen LogP contribution in [0.5, 0.6) is 11.5 Å². The maximum atomic E-state index is 11.6. The van der Waals surface area contributed by atoms with Crippen LogP contribution in [-0.4, -0.2) is 20.1 Å². The van der Waals surface area contributed by atoms with Gasteiger partial charge in [-0.15, -0.1) is 22.7 Å². The number of hydrogen-bond donors (Lipinski definition) is 2. The van der Waals surface area contributed by atoms with E-state index in [1.807, 2.05) is 36.4 Å². The van der Waals surface area contributed by atoms with Crippen LogP contribution in [-0.2, 0) is 21.7 Å². The van der Waals surface area contributed by atoms with Crippen molar-refractivity contribution >= 4 is 45.4 Å². The molecule has 64 heavy (non-hydrogen) atoms. The van der Waals surface area contributed by atoms with Gasteiger partial charge in [0.1, 0.15) is 23.6 Å². The number of non-ortho nitro benzene ring substituents is 2. The molecule has 0 saturated heterocycles. The average Bonchev–Trinajstić information content (AvgIpc) is 3.88. The van der Waals surface area contributed by atoms with Crippen molar-refractivity contribution in [1.29, 1.82) is 0 Å². The third-order valence-corrected chi connectivity index (χ3v) is 13.3. The molecule has 2 aromatic heterocycles. The van der Waals surface area contributed by atoms with E-state index in [1.54, 1.807) is 46.9 Å². The van der Waals surface area contributed by atoms with Crippen molar-refractivity contribution in [3.05, 3.63) is 160 Å². The van der Waals surface area contributed by atoms with E-state index in [1.165, 1.54) is 24.3 Å². The number of benzene rings is 4. The molecule has 0 radical (unpaired) electrons. The Labute approximate surface area is 382 Å². The van der Waals surface area contributed by atoms with Crippen LogP contribution in [0.15, 0.2) is 118 Å². The minimum atomic E-state index is -0.581. The van der Waals surface area contributed by atoms with Gasteiger partial charge in [0.05, 0.1) is 21.2 Å². The molecule has 14 heteroatoms. The van der Waals surface area contributed by atoms with Crippen LogP contribution in [0.4, 0.5) is 22.7 Å². The van der Waals surface area contributed by atoms with E-state index in [2.05, 4.69) is 105 Å². The number of phenolic OH excluding ortho intramolecular Hbond substituents is 2. The lowest BCUT2D eigenvalue weighted by Crippen LogP contribution is -2.18. The fourth-order valence-corrected chi connectivity index (χ4v) is 9.52. The minimum Gasteiger partial charge on any atom is -0.507 e. The van der Waals surface area contributed by atoms with Gasteiger partial charge in [-0.3, -0.25) is 20.2 Å². The molecule has 6 rings (SSSR count). The Morgan fingerprint density at radius 2 is 0.750 bits per heavy atom. The molecule has 4 aromatic carbocycles. The predicted octanol–water partition coefficient (Wildman–Crippen LogP) is 15.6. The number of phenols is 2. The molecule has 2 unspecified atom stereocenters. The van der Waals surface area contributed by atoms with Crippen molar-refractivity contribution in [2.24, 2.45) is 20.5 Å². The molecule has 2 N–H and O–H groups in total. The van der Waals surface area contributed by atoms with Gasteiger partial charge in [-0.2, -0.15) is 20.5 Å². The van der Waals surface area contributed by atoms with E-state index in [0.717, 1.165) is 52.9 Å². The van der Waals surface area contributed by atoms with Gasteiger partial charge < -0.3 is 10.2 Å². The molecule has 2 heterocycles. The van der Waals surface area contributed by atoms with Gasteiger partial charge in [-0.05, 0) is 128 Å². The maximum Gasteiger partial charge on any atom is 0.269 e. The van der Waals surface area contributed by atoms with Gasteiger partial charge in [-0.25, -0.2) is 0 Å². The highest BCUT2D eigenvalue weighted by atomic mass is 32.1. The Kier molecular flexibility index (Phi) is 13.2. The zero-order chi connectivity index (χ0) is 47.1. The number of azo groups is 2. The number of hydrogen-bond acceptors (Lipinski definition) is 12. The van der Waals surface area contributed by atoms with Crippen LogP contribution in [0.1, 0.15) is 138 Å². The number of thiophene rings is 2. The van der Waals surface area contributed by atoms with Crippen molar-refractivity contribution in [3.63, 3.8) is 0 Å². The van der Waals surface area contributed by atoms with E-state index >= 15 is 0 Å². The average molecular weight is 901 g/mol. The SMILES string of the molecule is CC(C)(C)c1cc(C(N=Nc2ccc([N+](=O)[O-])cc2)c2ccc(-c3ccc(C(N=Nc4ccc([N+](=O)[O-])cc4)c4cc(C(C)(C)C)c(O)c(C(C)(C)C)c4)s3)s2)cc(C(C)(C)C)c1O. The smallest absolute Gasteiger partial charge is 0.269 e. The summed E-state index contributed by atoms with van der Waals surface area (Å²) in [5.74, 6) is 0.511. The first-order valence-corrected chi connectivity index (χ1v) is 22.6. The third kappa shape index (κ3) is 10.6. The normalized spacial score (nSPS) is 13.8. The van der Waals surface area contributed by atoms with Crippen molar-refractivity contribution < 1.29 is 20.1 Å². The topological polar surface area (TPSA) is 176 Å². The predicted molar refractivity (Wildman–Crippen MR) is 258 cm³/mol. The Balaban J connectivity index is 1.48. The Morgan fingerprint density at radius 3 is 1.00 bits per heavy atom. The summed E-state index contributed by atoms with van der Waals surface area (Å²) in [5.41, 5.74) is 4.15. The lowest BCUT2D eigenvalue weighted by molar-refractivity contribution is -0.385. The molecule has 0 spiro atoms. The van der Waals surface area contributed by atoms with Crippen LogP contribution in [0.3, 0.4) is 0 Å². The van der Waals surface area contributed by atoms with Gasteiger partial charge in [0.25, 0.3) is 11.4 Å². The summed E-state index contributed by atoms with van der Waals surface area (Å²) >= 11 is 3.14. The van der Waals surface area contributed by atoms with Gasteiger partial charge in [0, 0.05) is 43.8 Å². The zero-order valence-electron chi connectivity index (χ0n) is 38.4. The highest BCUT2D eigenvalue weighted by Crippen LogP contribution is 2.48. The van der Waals surface area contributed by atoms with E-state index in [9.17, 15) is 30.4 Å². The van der Waals surface area contributed by atoms with Crippen molar-refractivity contribution in [2.75, 3.05) is 0 Å². The number of nitro benzene ring substituents is 2. The second-order valence-corrected chi connectivity index (χ2v) is 22.3. The Hall–Kier alpha value is -6.12. The molecule has 0 bridgehead atoms. The highest BCUT2D eigenvalue weighted by Gasteiger charge is 2.31. The first-order chi connectivity index (χ1) is 29.7. The fraction of sp³-hybridized carbons (Fsp3) is 0.360. The Morgan fingerprint density at radius 1 is 0.469 bits per heavy atom. The number of rotatable bonds is 11. The third-order valence-electron chi connectivity index (χ3n) is 10.9. The summed E-state index contributed by atoms with van der Waals surface area (Å²) in [5, 5.41) is 64.9. The Bertz CT molecular complexity index is 2480. The number of aromatic hydroxyl groups is 2. The lowest BCUT2D eigenvalue weighted by Gasteiger charge is -2.29.